The van der Waals surface area contributed by atoms with Crippen molar-refractivity contribution in [1.29, 1.82) is 0 Å². The molecule has 7 heteroatoms. The van der Waals surface area contributed by atoms with E-state index in [4.69, 9.17) is 16.3 Å². The van der Waals surface area contributed by atoms with Crippen molar-refractivity contribution in [2.24, 2.45) is 0 Å². The highest BCUT2D eigenvalue weighted by molar-refractivity contribution is 6.30. The van der Waals surface area contributed by atoms with Crippen LogP contribution in [0.4, 0.5) is 13.2 Å². The molecule has 0 atom stereocenters. The number of carbonyl (C=O) groups excluding carboxylic acids is 1. The largest absolute Gasteiger partial charge is 0.486 e. The van der Waals surface area contributed by atoms with Gasteiger partial charge in [0.1, 0.15) is 12.4 Å². The van der Waals surface area contributed by atoms with Gasteiger partial charge in [-0.05, 0) is 30.3 Å². The Hall–Kier alpha value is -2.08. The van der Waals surface area contributed by atoms with Gasteiger partial charge in [0.2, 0.25) is 0 Å². The predicted octanol–water partition coefficient (Wildman–Crippen LogP) is 3.94. The van der Waals surface area contributed by atoms with Gasteiger partial charge in [-0.3, -0.25) is 9.78 Å². The Bertz CT molecular complexity index is 657. The minimum Gasteiger partial charge on any atom is -0.486 e. The van der Waals surface area contributed by atoms with Crippen LogP contribution in [0.2, 0.25) is 5.02 Å². The second-order valence-electron chi connectivity index (χ2n) is 4.50. The van der Waals surface area contributed by atoms with E-state index in [0.717, 1.165) is 12.1 Å². The Morgan fingerprint density at radius 1 is 1.23 bits per heavy atom. The smallest absolute Gasteiger partial charge is 0.416 e. The van der Waals surface area contributed by atoms with Crippen LogP contribution in [0.25, 0.3) is 0 Å². The van der Waals surface area contributed by atoms with Crippen LogP contribution in [0.1, 0.15) is 11.3 Å². The van der Waals surface area contributed by atoms with Crippen molar-refractivity contribution < 1.29 is 22.7 Å². The van der Waals surface area contributed by atoms with Crippen LogP contribution in [0.3, 0.4) is 0 Å². The summed E-state index contributed by atoms with van der Waals surface area (Å²) in [4.78, 5) is 15.7. The summed E-state index contributed by atoms with van der Waals surface area (Å²) in [7, 11) is 0. The normalized spacial score (nSPS) is 11.3. The van der Waals surface area contributed by atoms with Crippen molar-refractivity contribution in [3.63, 3.8) is 0 Å². The van der Waals surface area contributed by atoms with E-state index in [9.17, 15) is 18.0 Å². The molecule has 116 valence electrons. The van der Waals surface area contributed by atoms with Crippen LogP contribution in [-0.4, -0.2) is 17.4 Å². The molecule has 0 unspecified atom stereocenters. The van der Waals surface area contributed by atoms with Gasteiger partial charge in [-0.2, -0.15) is 13.2 Å². The van der Waals surface area contributed by atoms with Crippen LogP contribution < -0.4 is 4.74 Å². The molecule has 0 radical (unpaired) electrons. The summed E-state index contributed by atoms with van der Waals surface area (Å²) in [6, 6.07) is 7.59. The number of nitrogens with zero attached hydrogens (tertiary/aromatic N) is 1. The van der Waals surface area contributed by atoms with Gasteiger partial charge in [0.05, 0.1) is 17.0 Å². The average Bonchev–Trinajstić information content (AvgIpc) is 2.47. The number of carbonyl (C=O) groups is 1. The number of pyridine rings is 1. The minimum atomic E-state index is -4.45. The van der Waals surface area contributed by atoms with Gasteiger partial charge in [-0.1, -0.05) is 17.7 Å². The van der Waals surface area contributed by atoms with Gasteiger partial charge in [-0.25, -0.2) is 0 Å². The first-order valence-electron chi connectivity index (χ1n) is 6.27. The van der Waals surface area contributed by atoms with Gasteiger partial charge in [-0.15, -0.1) is 0 Å². The van der Waals surface area contributed by atoms with E-state index in [1.807, 2.05) is 0 Å². The van der Waals surface area contributed by atoms with Crippen LogP contribution >= 0.6 is 11.6 Å². The second-order valence-corrected chi connectivity index (χ2v) is 4.93. The number of halogens is 4. The lowest BCUT2D eigenvalue weighted by molar-refractivity contribution is -0.137. The van der Waals surface area contributed by atoms with Crippen molar-refractivity contribution in [2.75, 3.05) is 6.61 Å². The van der Waals surface area contributed by atoms with E-state index in [1.165, 1.54) is 18.3 Å². The standard InChI is InChI=1S/C15H11ClF3NO2/c16-11-4-5-12(20-8-11)7-13(21)9-22-14-3-1-2-10(6-14)15(17,18)19/h1-6,8H,7,9H2. The third-order valence-electron chi connectivity index (χ3n) is 2.73. The Balaban J connectivity index is 1.92. The molecule has 1 aromatic carbocycles. The molecule has 1 heterocycles. The van der Waals surface area contributed by atoms with Gasteiger partial charge < -0.3 is 4.74 Å². The molecular weight excluding hydrogens is 319 g/mol. The van der Waals surface area contributed by atoms with E-state index >= 15 is 0 Å². The van der Waals surface area contributed by atoms with E-state index < -0.39 is 11.7 Å². The number of alkyl halides is 3. The molecule has 0 saturated heterocycles. The summed E-state index contributed by atoms with van der Waals surface area (Å²) in [5, 5.41) is 0.455. The molecule has 0 aliphatic heterocycles. The molecule has 0 N–H and O–H groups in total. The number of benzene rings is 1. The zero-order valence-electron chi connectivity index (χ0n) is 11.2. The highest BCUT2D eigenvalue weighted by Gasteiger charge is 2.30. The molecule has 2 aromatic rings. The first kappa shape index (κ1) is 16.3. The fourth-order valence-corrected chi connectivity index (χ4v) is 1.80. The van der Waals surface area contributed by atoms with Crippen molar-refractivity contribution >= 4 is 17.4 Å². The third kappa shape index (κ3) is 4.73. The van der Waals surface area contributed by atoms with E-state index in [-0.39, 0.29) is 24.6 Å². The molecule has 0 spiro atoms. The summed E-state index contributed by atoms with van der Waals surface area (Å²) in [5.41, 5.74) is -0.307. The molecule has 0 fully saturated rings. The zero-order valence-corrected chi connectivity index (χ0v) is 12.0. The highest BCUT2D eigenvalue weighted by Crippen LogP contribution is 2.31. The molecule has 0 saturated carbocycles. The molecule has 0 bridgehead atoms. The van der Waals surface area contributed by atoms with Crippen LogP contribution in [0, 0.1) is 0 Å². The topological polar surface area (TPSA) is 39.2 Å². The van der Waals surface area contributed by atoms with Gasteiger partial charge in [0.25, 0.3) is 0 Å². The van der Waals surface area contributed by atoms with E-state index in [1.54, 1.807) is 12.1 Å². The number of aromatic nitrogens is 1. The number of Topliss-reactive ketones (excluding diaryl/α,β-unsaturated/α-hetero) is 1. The van der Waals surface area contributed by atoms with Crippen molar-refractivity contribution in [3.8, 4) is 5.75 Å². The molecular formula is C15H11ClF3NO2. The van der Waals surface area contributed by atoms with Crippen LogP contribution in [-0.2, 0) is 17.4 Å². The minimum absolute atomic E-state index is 0.00718. The summed E-state index contributed by atoms with van der Waals surface area (Å²) in [5.74, 6) is -0.306. The average molecular weight is 330 g/mol. The Kier molecular flexibility index (Phi) is 5.03. The lowest BCUT2D eigenvalue weighted by Gasteiger charge is -2.09. The molecule has 0 aliphatic rings. The summed E-state index contributed by atoms with van der Waals surface area (Å²) < 4.78 is 42.7. The number of hydrogen-bond acceptors (Lipinski definition) is 3. The SMILES string of the molecule is O=C(COc1cccc(C(F)(F)F)c1)Cc1ccc(Cl)cn1. The molecule has 0 amide bonds. The Morgan fingerprint density at radius 2 is 2.00 bits per heavy atom. The van der Waals surface area contributed by atoms with E-state index in [0.29, 0.717) is 10.7 Å². The lowest BCUT2D eigenvalue weighted by Crippen LogP contribution is -2.15. The predicted molar refractivity (Wildman–Crippen MR) is 74.9 cm³/mol. The number of hydrogen-bond donors (Lipinski definition) is 0. The summed E-state index contributed by atoms with van der Waals surface area (Å²) >= 11 is 5.68. The molecule has 22 heavy (non-hydrogen) atoms. The Labute approximate surface area is 129 Å². The third-order valence-corrected chi connectivity index (χ3v) is 2.95. The molecule has 2 rings (SSSR count). The first-order valence-corrected chi connectivity index (χ1v) is 6.64. The highest BCUT2D eigenvalue weighted by atomic mass is 35.5. The first-order chi connectivity index (χ1) is 10.3. The second kappa shape index (κ2) is 6.79. The van der Waals surface area contributed by atoms with Crippen molar-refractivity contribution in [3.05, 3.63) is 58.9 Å². The lowest BCUT2D eigenvalue weighted by atomic mass is 10.2. The van der Waals surface area contributed by atoms with Gasteiger partial charge >= 0.3 is 6.18 Å². The van der Waals surface area contributed by atoms with Gasteiger partial charge in [0, 0.05) is 11.9 Å². The monoisotopic (exact) mass is 329 g/mol. The summed E-state index contributed by atoms with van der Waals surface area (Å²) in [6.45, 7) is -0.328. The van der Waals surface area contributed by atoms with Gasteiger partial charge in [0.15, 0.2) is 5.78 Å². The number of ether oxygens (including phenoxy) is 1. The molecule has 3 nitrogen and oxygen atoms in total. The molecule has 1 aromatic heterocycles. The number of rotatable bonds is 5. The fourth-order valence-electron chi connectivity index (χ4n) is 1.69. The fraction of sp³-hybridized carbons (Fsp3) is 0.200. The molecule has 0 aliphatic carbocycles. The van der Waals surface area contributed by atoms with Crippen molar-refractivity contribution in [2.45, 2.75) is 12.6 Å². The van der Waals surface area contributed by atoms with E-state index in [2.05, 4.69) is 4.98 Å². The maximum absolute atomic E-state index is 12.5. The van der Waals surface area contributed by atoms with Crippen LogP contribution in [0.15, 0.2) is 42.6 Å². The van der Waals surface area contributed by atoms with Crippen molar-refractivity contribution in [1.82, 2.24) is 4.98 Å². The number of ketones is 1. The van der Waals surface area contributed by atoms with Crippen LogP contribution in [0.5, 0.6) is 5.75 Å². The Morgan fingerprint density at radius 3 is 2.64 bits per heavy atom. The zero-order chi connectivity index (χ0) is 16.2. The maximum Gasteiger partial charge on any atom is 0.416 e. The quantitative estimate of drug-likeness (QED) is 0.834. The maximum atomic E-state index is 12.5. The summed E-state index contributed by atoms with van der Waals surface area (Å²) in [6.07, 6.45) is -3.01.